The second-order valence-corrected chi connectivity index (χ2v) is 10.5. The summed E-state index contributed by atoms with van der Waals surface area (Å²) in [6.07, 6.45) is 16.4. The van der Waals surface area contributed by atoms with E-state index in [0.717, 1.165) is 56.4 Å². The maximum Gasteiger partial charge on any atom is 0.0789 e. The molecule has 0 radical (unpaired) electrons. The Hall–Kier alpha value is -2.06. The van der Waals surface area contributed by atoms with Gasteiger partial charge in [-0.05, 0) is 78.7 Å². The van der Waals surface area contributed by atoms with E-state index in [4.69, 9.17) is 16.6 Å². The van der Waals surface area contributed by atoms with Crippen molar-refractivity contribution < 1.29 is 0 Å². The Morgan fingerprint density at radius 2 is 1.71 bits per heavy atom. The van der Waals surface area contributed by atoms with Crippen LogP contribution in [0.25, 0.3) is 0 Å². The number of allylic oxidation sites excluding steroid dienone is 4. The molecule has 4 rings (SSSR count). The van der Waals surface area contributed by atoms with Gasteiger partial charge in [-0.2, -0.15) is 0 Å². The molecule has 3 aliphatic rings. The molecule has 1 aromatic heterocycles. The highest BCUT2D eigenvalue weighted by molar-refractivity contribution is 6.31. The molecular weight excluding hydrogens is 486 g/mol. The molecule has 1 saturated heterocycles. The van der Waals surface area contributed by atoms with Crippen LogP contribution in [0.5, 0.6) is 0 Å². The minimum absolute atomic E-state index is 0.149. The van der Waals surface area contributed by atoms with Crippen molar-refractivity contribution in [1.29, 1.82) is 0 Å². The molecule has 0 N–H and O–H groups in total. The number of aromatic nitrogens is 1. The number of piperazine rings is 1. The molecule has 0 bridgehead atoms. The number of hydrogen-bond donors (Lipinski definition) is 0. The Kier molecular flexibility index (Phi) is 14.2. The molecule has 1 aliphatic heterocycles. The molecule has 1 fully saturated rings. The van der Waals surface area contributed by atoms with Crippen LogP contribution >= 0.6 is 11.6 Å². The second kappa shape index (κ2) is 16.8. The van der Waals surface area contributed by atoms with Crippen molar-refractivity contribution in [2.75, 3.05) is 26.2 Å². The van der Waals surface area contributed by atoms with Crippen molar-refractivity contribution in [3.63, 3.8) is 0 Å². The Balaban J connectivity index is 0.00000121. The molecule has 0 spiro atoms. The van der Waals surface area contributed by atoms with Crippen LogP contribution in [-0.2, 0) is 6.42 Å². The summed E-state index contributed by atoms with van der Waals surface area (Å²) < 4.78 is 0. The van der Waals surface area contributed by atoms with Gasteiger partial charge in [0.15, 0.2) is 0 Å². The third kappa shape index (κ3) is 8.22. The first kappa shape index (κ1) is 32.2. The number of fused-ring (bicyclic) bond motifs is 1. The highest BCUT2D eigenvalue weighted by atomic mass is 35.5. The van der Waals surface area contributed by atoms with Crippen LogP contribution in [-0.4, -0.2) is 41.0 Å². The number of rotatable bonds is 8. The summed E-state index contributed by atoms with van der Waals surface area (Å²) in [5.74, 6) is 0.772. The van der Waals surface area contributed by atoms with Gasteiger partial charge in [-0.25, -0.2) is 0 Å². The Morgan fingerprint density at radius 3 is 2.34 bits per heavy atom. The molecular formula is C34H52ClN3. The van der Waals surface area contributed by atoms with Crippen LogP contribution < -0.4 is 0 Å². The summed E-state index contributed by atoms with van der Waals surface area (Å²) >= 11 is 6.45. The van der Waals surface area contributed by atoms with E-state index in [1.165, 1.54) is 59.3 Å². The fourth-order valence-electron chi connectivity index (χ4n) is 5.94. The minimum atomic E-state index is 0.149. The first-order valence-electron chi connectivity index (χ1n) is 15.2. The van der Waals surface area contributed by atoms with E-state index >= 15 is 0 Å². The van der Waals surface area contributed by atoms with Gasteiger partial charge in [-0.3, -0.25) is 9.88 Å². The first-order valence-corrected chi connectivity index (χ1v) is 15.5. The van der Waals surface area contributed by atoms with Gasteiger partial charge in [0.2, 0.25) is 0 Å². The summed E-state index contributed by atoms with van der Waals surface area (Å²) in [5, 5.41) is 0.755. The molecule has 0 amide bonds. The van der Waals surface area contributed by atoms with E-state index in [2.05, 4.69) is 61.1 Å². The van der Waals surface area contributed by atoms with Crippen LogP contribution in [0.3, 0.4) is 0 Å². The maximum atomic E-state index is 6.45. The monoisotopic (exact) mass is 537 g/mol. The van der Waals surface area contributed by atoms with E-state index in [0.29, 0.717) is 0 Å². The molecule has 210 valence electrons. The van der Waals surface area contributed by atoms with Crippen LogP contribution in [0.2, 0.25) is 0 Å². The van der Waals surface area contributed by atoms with Gasteiger partial charge in [0.1, 0.15) is 0 Å². The Morgan fingerprint density at radius 1 is 1.05 bits per heavy atom. The van der Waals surface area contributed by atoms with E-state index in [-0.39, 0.29) is 6.04 Å². The van der Waals surface area contributed by atoms with Crippen molar-refractivity contribution >= 4 is 11.6 Å². The van der Waals surface area contributed by atoms with E-state index in [9.17, 15) is 0 Å². The highest BCUT2D eigenvalue weighted by Gasteiger charge is 2.33. The SMILES string of the molecule is C=C(CC(CCC)CCC)N1CCN(C2C3=C(C=C(Cl)C=C=C3)CCc3c(C)ccnc32)CC1.CC.CC. The predicted molar refractivity (Wildman–Crippen MR) is 167 cm³/mol. The zero-order valence-corrected chi connectivity index (χ0v) is 26.0. The summed E-state index contributed by atoms with van der Waals surface area (Å²) in [4.78, 5) is 10.1. The lowest BCUT2D eigenvalue weighted by molar-refractivity contribution is 0.124. The zero-order valence-electron chi connectivity index (χ0n) is 25.2. The second-order valence-electron chi connectivity index (χ2n) is 10.1. The average molecular weight is 538 g/mol. The lowest BCUT2D eigenvalue weighted by Gasteiger charge is -2.42. The Bertz CT molecular complexity index is 1010. The summed E-state index contributed by atoms with van der Waals surface area (Å²) in [5.41, 5.74) is 11.2. The van der Waals surface area contributed by atoms with Crippen LogP contribution in [0, 0.1) is 12.8 Å². The van der Waals surface area contributed by atoms with Gasteiger partial charge in [-0.15, -0.1) is 5.73 Å². The van der Waals surface area contributed by atoms with Gasteiger partial charge in [0.25, 0.3) is 0 Å². The quantitative estimate of drug-likeness (QED) is 0.308. The van der Waals surface area contributed by atoms with Gasteiger partial charge in [0, 0.05) is 43.1 Å². The fraction of sp³-hybridized carbons (Fsp3) is 0.588. The van der Waals surface area contributed by atoms with Gasteiger partial charge >= 0.3 is 0 Å². The largest absolute Gasteiger partial charge is 0.373 e. The van der Waals surface area contributed by atoms with Gasteiger partial charge < -0.3 is 4.90 Å². The van der Waals surface area contributed by atoms with Crippen LogP contribution in [0.1, 0.15) is 103 Å². The van der Waals surface area contributed by atoms with Crippen molar-refractivity contribution in [1.82, 2.24) is 14.8 Å². The normalized spacial score (nSPS) is 18.8. The summed E-state index contributed by atoms with van der Waals surface area (Å²) in [6, 6.07) is 2.30. The molecule has 38 heavy (non-hydrogen) atoms. The number of aryl methyl sites for hydroxylation is 1. The summed E-state index contributed by atoms with van der Waals surface area (Å²) in [7, 11) is 0. The van der Waals surface area contributed by atoms with E-state index < -0.39 is 0 Å². The fourth-order valence-corrected chi connectivity index (χ4v) is 6.13. The number of nitrogens with zero attached hydrogens (tertiary/aromatic N) is 3. The lowest BCUT2D eigenvalue weighted by atomic mass is 9.92. The van der Waals surface area contributed by atoms with E-state index in [1.807, 2.05) is 40.0 Å². The van der Waals surface area contributed by atoms with Crippen LogP contribution in [0.4, 0.5) is 0 Å². The molecule has 2 heterocycles. The van der Waals surface area contributed by atoms with Crippen molar-refractivity contribution in [2.24, 2.45) is 5.92 Å². The number of hydrogen-bond acceptors (Lipinski definition) is 3. The third-order valence-electron chi connectivity index (χ3n) is 7.71. The number of halogens is 1. The topological polar surface area (TPSA) is 19.4 Å². The maximum absolute atomic E-state index is 6.45. The molecule has 1 unspecified atom stereocenters. The summed E-state index contributed by atoms with van der Waals surface area (Å²) in [6.45, 7) is 23.4. The first-order chi connectivity index (χ1) is 18.5. The molecule has 1 atom stereocenters. The molecule has 0 saturated carbocycles. The van der Waals surface area contributed by atoms with Gasteiger partial charge in [-0.1, -0.05) is 85.4 Å². The van der Waals surface area contributed by atoms with E-state index in [1.54, 1.807) is 0 Å². The molecule has 3 nitrogen and oxygen atoms in total. The molecule has 0 aromatic carbocycles. The van der Waals surface area contributed by atoms with Crippen molar-refractivity contribution in [3.05, 3.63) is 81.5 Å². The molecule has 2 aliphatic carbocycles. The highest BCUT2D eigenvalue weighted by Crippen LogP contribution is 2.40. The zero-order chi connectivity index (χ0) is 28.1. The lowest BCUT2D eigenvalue weighted by Crippen LogP contribution is -2.47. The third-order valence-corrected chi connectivity index (χ3v) is 7.93. The van der Waals surface area contributed by atoms with Crippen molar-refractivity contribution in [2.45, 2.75) is 99.5 Å². The van der Waals surface area contributed by atoms with Crippen LogP contribution in [0.15, 0.2) is 64.7 Å². The smallest absolute Gasteiger partial charge is 0.0789 e. The van der Waals surface area contributed by atoms with Gasteiger partial charge in [0.05, 0.1) is 11.7 Å². The predicted octanol–water partition coefficient (Wildman–Crippen LogP) is 9.31. The standard InChI is InChI=1S/C30H40ClN3.2C2H6/c1-5-8-24(9-6-2)20-23(4)33-16-18-34(19-17-33)30-28-11-7-10-26(31)21-25(28)12-13-27-22(3)14-15-32-29(27)30;2*1-2/h10-11,14-15,21,24,30H,4-6,8-9,12-13,16-20H2,1-3H3;2*1-2H3. The number of pyridine rings is 1. The Labute approximate surface area is 239 Å². The van der Waals surface area contributed by atoms with Crippen molar-refractivity contribution in [3.8, 4) is 0 Å². The average Bonchev–Trinajstić information content (AvgIpc) is 3.21. The molecule has 4 heteroatoms. The minimum Gasteiger partial charge on any atom is -0.373 e. The molecule has 1 aromatic rings.